The molecule has 1 aliphatic heterocycles. The number of fused-ring (bicyclic) bond motifs is 1. The summed E-state index contributed by atoms with van der Waals surface area (Å²) < 4.78 is 13.1. The van der Waals surface area contributed by atoms with E-state index in [-0.39, 0.29) is 24.8 Å². The van der Waals surface area contributed by atoms with E-state index in [0.29, 0.717) is 5.92 Å². The Morgan fingerprint density at radius 1 is 1.00 bits per heavy atom. The molecule has 1 aromatic heterocycles. The summed E-state index contributed by atoms with van der Waals surface area (Å²) in [5, 5.41) is 3.45. The fraction of sp³-hybridized carbons (Fsp3) is 0.409. The summed E-state index contributed by atoms with van der Waals surface area (Å²) in [7, 11) is 3.32. The first-order chi connectivity index (χ1) is 13.2. The van der Waals surface area contributed by atoms with E-state index in [1.54, 1.807) is 14.2 Å². The molecular weight excluding hydrogens is 409 g/mol. The molecule has 2 aromatic carbocycles. The molecule has 0 amide bonds. The van der Waals surface area contributed by atoms with Crippen LogP contribution in [0.25, 0.3) is 22.4 Å². The highest BCUT2D eigenvalue weighted by Crippen LogP contribution is 2.34. The van der Waals surface area contributed by atoms with Crippen molar-refractivity contribution in [3.8, 4) is 22.9 Å². The highest BCUT2D eigenvalue weighted by Gasteiger charge is 2.18. The molecule has 0 atom stereocenters. The first-order valence-corrected chi connectivity index (χ1v) is 9.68. The van der Waals surface area contributed by atoms with Gasteiger partial charge in [0.05, 0.1) is 25.3 Å². The second-order valence-corrected chi connectivity index (χ2v) is 7.02. The van der Waals surface area contributed by atoms with Gasteiger partial charge in [0.25, 0.3) is 0 Å². The number of piperidine rings is 1. The van der Waals surface area contributed by atoms with Gasteiger partial charge in [-0.3, -0.25) is 0 Å². The molecule has 0 saturated carbocycles. The van der Waals surface area contributed by atoms with E-state index in [9.17, 15) is 0 Å². The van der Waals surface area contributed by atoms with Crippen LogP contribution < -0.4 is 14.8 Å². The number of halogens is 2. The highest BCUT2D eigenvalue weighted by atomic mass is 35.5. The van der Waals surface area contributed by atoms with E-state index < -0.39 is 0 Å². The lowest BCUT2D eigenvalue weighted by molar-refractivity contribution is 0.355. The molecule has 1 aliphatic rings. The van der Waals surface area contributed by atoms with Crippen molar-refractivity contribution in [3.63, 3.8) is 0 Å². The fourth-order valence-corrected chi connectivity index (χ4v) is 4.06. The van der Waals surface area contributed by atoms with Crippen LogP contribution in [0, 0.1) is 0 Å². The summed E-state index contributed by atoms with van der Waals surface area (Å²) in [5.41, 5.74) is 4.71. The van der Waals surface area contributed by atoms with Gasteiger partial charge in [0.2, 0.25) is 0 Å². The second kappa shape index (κ2) is 10.2. The van der Waals surface area contributed by atoms with Crippen molar-refractivity contribution in [2.45, 2.75) is 32.2 Å². The number of methoxy groups -OCH3 is 2. The molecule has 1 N–H and O–H groups in total. The lowest BCUT2D eigenvalue weighted by atomic mass is 9.90. The zero-order chi connectivity index (χ0) is 18.8. The van der Waals surface area contributed by atoms with Crippen LogP contribution in [0.1, 0.15) is 31.2 Å². The van der Waals surface area contributed by atoms with E-state index in [0.717, 1.165) is 48.0 Å². The smallest absolute Gasteiger partial charge is 0.161 e. The summed E-state index contributed by atoms with van der Waals surface area (Å²) >= 11 is 0. The topological polar surface area (TPSA) is 48.3 Å². The third kappa shape index (κ3) is 4.47. The largest absolute Gasteiger partial charge is 0.493 e. The number of ether oxygens (including phenoxy) is 2. The molecule has 158 valence electrons. The van der Waals surface area contributed by atoms with Gasteiger partial charge in [-0.1, -0.05) is 6.07 Å². The number of rotatable bonds is 5. The van der Waals surface area contributed by atoms with E-state index in [2.05, 4.69) is 35.0 Å². The first-order valence-electron chi connectivity index (χ1n) is 9.68. The standard InChI is InChI=1S/C22H27N3O2.2ClH/c1-4-25-19-13-16(15-9-11-23-12-10-15)5-7-18(19)24-22(25)17-6-8-20(26-2)21(14-17)27-3;;/h5-8,13-15,23H,4,9-12H2,1-3H3;2*1H. The van der Waals surface area contributed by atoms with Gasteiger partial charge in [0.15, 0.2) is 11.5 Å². The molecule has 1 fully saturated rings. The van der Waals surface area contributed by atoms with E-state index in [4.69, 9.17) is 14.5 Å². The number of imidazole rings is 1. The van der Waals surface area contributed by atoms with Crippen LogP contribution in [0.15, 0.2) is 36.4 Å². The zero-order valence-electron chi connectivity index (χ0n) is 17.1. The van der Waals surface area contributed by atoms with Crippen molar-refractivity contribution in [2.24, 2.45) is 0 Å². The molecule has 0 radical (unpaired) electrons. The minimum absolute atomic E-state index is 0. The van der Waals surface area contributed by atoms with Gasteiger partial charge >= 0.3 is 0 Å². The Kier molecular flexibility index (Phi) is 8.20. The Hall–Kier alpha value is -1.95. The van der Waals surface area contributed by atoms with Crippen molar-refractivity contribution >= 4 is 35.8 Å². The van der Waals surface area contributed by atoms with Crippen LogP contribution in [0.5, 0.6) is 11.5 Å². The Morgan fingerprint density at radius 3 is 2.38 bits per heavy atom. The van der Waals surface area contributed by atoms with Crippen LogP contribution in [0.4, 0.5) is 0 Å². The fourth-order valence-electron chi connectivity index (χ4n) is 4.06. The van der Waals surface area contributed by atoms with Crippen LogP contribution in [0.2, 0.25) is 0 Å². The number of nitrogens with zero attached hydrogens (tertiary/aromatic N) is 2. The first kappa shape index (κ1) is 23.3. The zero-order valence-corrected chi connectivity index (χ0v) is 18.7. The summed E-state index contributed by atoms with van der Waals surface area (Å²) in [6, 6.07) is 12.7. The number of hydrogen-bond donors (Lipinski definition) is 1. The van der Waals surface area contributed by atoms with Gasteiger partial charge < -0.3 is 19.4 Å². The quantitative estimate of drug-likeness (QED) is 0.606. The van der Waals surface area contributed by atoms with Gasteiger partial charge in [-0.2, -0.15) is 0 Å². The van der Waals surface area contributed by atoms with E-state index >= 15 is 0 Å². The summed E-state index contributed by atoms with van der Waals surface area (Å²) in [6.07, 6.45) is 2.41. The third-order valence-electron chi connectivity index (χ3n) is 5.54. The molecule has 3 aromatic rings. The molecular formula is C22H29Cl2N3O2. The molecule has 0 aliphatic carbocycles. The highest BCUT2D eigenvalue weighted by molar-refractivity contribution is 5.85. The molecule has 2 heterocycles. The monoisotopic (exact) mass is 437 g/mol. The van der Waals surface area contributed by atoms with Crippen molar-refractivity contribution < 1.29 is 9.47 Å². The number of aromatic nitrogens is 2. The van der Waals surface area contributed by atoms with E-state index in [1.807, 2.05) is 18.2 Å². The van der Waals surface area contributed by atoms with Gasteiger partial charge in [-0.05, 0) is 74.7 Å². The summed E-state index contributed by atoms with van der Waals surface area (Å²) in [6.45, 7) is 5.25. The Bertz CT molecular complexity index is 953. The molecule has 5 nitrogen and oxygen atoms in total. The van der Waals surface area contributed by atoms with Crippen LogP contribution in [-0.4, -0.2) is 36.9 Å². The second-order valence-electron chi connectivity index (χ2n) is 7.02. The Morgan fingerprint density at radius 2 is 1.72 bits per heavy atom. The van der Waals surface area contributed by atoms with Crippen molar-refractivity contribution in [2.75, 3.05) is 27.3 Å². The van der Waals surface area contributed by atoms with Crippen molar-refractivity contribution in [1.82, 2.24) is 14.9 Å². The normalized spacial score (nSPS) is 14.2. The number of benzene rings is 2. The molecule has 29 heavy (non-hydrogen) atoms. The minimum Gasteiger partial charge on any atom is -0.493 e. The molecule has 0 bridgehead atoms. The average molecular weight is 438 g/mol. The number of hydrogen-bond acceptors (Lipinski definition) is 4. The van der Waals surface area contributed by atoms with Gasteiger partial charge in [0.1, 0.15) is 5.82 Å². The van der Waals surface area contributed by atoms with Crippen LogP contribution in [-0.2, 0) is 6.54 Å². The number of aryl methyl sites for hydroxylation is 1. The predicted octanol–water partition coefficient (Wildman–Crippen LogP) is 5.05. The predicted molar refractivity (Wildman–Crippen MR) is 123 cm³/mol. The lowest BCUT2D eigenvalue weighted by Crippen LogP contribution is -2.26. The summed E-state index contributed by atoms with van der Waals surface area (Å²) in [4.78, 5) is 4.93. The maximum absolute atomic E-state index is 5.48. The molecule has 0 unspecified atom stereocenters. The summed E-state index contributed by atoms with van der Waals surface area (Å²) in [5.74, 6) is 3.06. The maximum atomic E-state index is 5.48. The maximum Gasteiger partial charge on any atom is 0.161 e. The molecule has 7 heteroatoms. The third-order valence-corrected chi connectivity index (χ3v) is 5.54. The molecule has 4 rings (SSSR count). The minimum atomic E-state index is 0. The molecule has 0 spiro atoms. The average Bonchev–Trinajstić information content (AvgIpc) is 3.11. The Labute approximate surface area is 184 Å². The van der Waals surface area contributed by atoms with Gasteiger partial charge in [-0.25, -0.2) is 4.98 Å². The molecule has 1 saturated heterocycles. The van der Waals surface area contributed by atoms with Gasteiger partial charge in [0, 0.05) is 12.1 Å². The Balaban J connectivity index is 0.00000150. The van der Waals surface area contributed by atoms with Gasteiger partial charge in [-0.15, -0.1) is 24.8 Å². The van der Waals surface area contributed by atoms with Crippen molar-refractivity contribution in [3.05, 3.63) is 42.0 Å². The van der Waals surface area contributed by atoms with Crippen molar-refractivity contribution in [1.29, 1.82) is 0 Å². The van der Waals surface area contributed by atoms with Crippen LogP contribution in [0.3, 0.4) is 0 Å². The van der Waals surface area contributed by atoms with E-state index in [1.165, 1.54) is 23.9 Å². The van der Waals surface area contributed by atoms with Crippen LogP contribution >= 0.6 is 24.8 Å². The number of nitrogens with one attached hydrogen (secondary N) is 1. The lowest BCUT2D eigenvalue weighted by Gasteiger charge is -2.23. The SMILES string of the molecule is CCn1c(-c2ccc(OC)c(OC)c2)nc2ccc(C3CCNCC3)cc21.Cl.Cl.